The van der Waals surface area contributed by atoms with Crippen molar-refractivity contribution in [2.24, 2.45) is 0 Å². The molecule has 2 unspecified atom stereocenters. The Morgan fingerprint density at radius 1 is 1.33 bits per heavy atom. The molecular weight excluding hydrogens is 204 g/mol. The summed E-state index contributed by atoms with van der Waals surface area (Å²) >= 11 is 2.13. The molecule has 0 aromatic heterocycles. The lowest BCUT2D eigenvalue weighted by atomic mass is 10.0. The van der Waals surface area contributed by atoms with Crippen LogP contribution < -0.4 is 5.32 Å². The van der Waals surface area contributed by atoms with Gasteiger partial charge in [-0.15, -0.1) is 0 Å². The molecule has 15 heavy (non-hydrogen) atoms. The van der Waals surface area contributed by atoms with E-state index in [9.17, 15) is 0 Å². The van der Waals surface area contributed by atoms with E-state index in [2.05, 4.69) is 35.8 Å². The Kier molecular flexibility index (Phi) is 4.35. The van der Waals surface area contributed by atoms with E-state index >= 15 is 0 Å². The second kappa shape index (κ2) is 5.55. The van der Waals surface area contributed by atoms with Crippen LogP contribution in [-0.4, -0.2) is 47.6 Å². The fraction of sp³-hybridized carbons (Fsp3) is 1.00. The van der Waals surface area contributed by atoms with Crippen LogP contribution in [0.2, 0.25) is 0 Å². The zero-order chi connectivity index (χ0) is 10.7. The molecule has 2 atom stereocenters. The summed E-state index contributed by atoms with van der Waals surface area (Å²) in [5.41, 5.74) is 0. The molecule has 2 rings (SSSR count). The molecule has 0 bridgehead atoms. The van der Waals surface area contributed by atoms with Crippen molar-refractivity contribution in [2.75, 3.05) is 24.6 Å². The molecule has 3 heteroatoms. The van der Waals surface area contributed by atoms with Gasteiger partial charge in [0.2, 0.25) is 0 Å². The van der Waals surface area contributed by atoms with Gasteiger partial charge >= 0.3 is 0 Å². The van der Waals surface area contributed by atoms with E-state index < -0.39 is 0 Å². The van der Waals surface area contributed by atoms with Crippen molar-refractivity contribution in [3.63, 3.8) is 0 Å². The summed E-state index contributed by atoms with van der Waals surface area (Å²) in [6.07, 6.45) is 4.17. The summed E-state index contributed by atoms with van der Waals surface area (Å²) < 4.78 is 0. The topological polar surface area (TPSA) is 15.3 Å². The van der Waals surface area contributed by atoms with E-state index in [0.717, 1.165) is 12.1 Å². The molecule has 88 valence electrons. The van der Waals surface area contributed by atoms with E-state index in [1.807, 2.05) is 0 Å². The first-order chi connectivity index (χ1) is 7.25. The van der Waals surface area contributed by atoms with Crippen molar-refractivity contribution in [3.8, 4) is 0 Å². The Balaban J connectivity index is 1.80. The van der Waals surface area contributed by atoms with E-state index in [0.29, 0.717) is 6.04 Å². The van der Waals surface area contributed by atoms with E-state index in [1.54, 1.807) is 0 Å². The summed E-state index contributed by atoms with van der Waals surface area (Å²) in [4.78, 5) is 2.73. The van der Waals surface area contributed by atoms with Gasteiger partial charge in [0.1, 0.15) is 0 Å². The highest BCUT2D eigenvalue weighted by molar-refractivity contribution is 7.99. The molecule has 2 nitrogen and oxygen atoms in total. The van der Waals surface area contributed by atoms with Gasteiger partial charge in [0.05, 0.1) is 0 Å². The Bertz CT molecular complexity index is 190. The van der Waals surface area contributed by atoms with Gasteiger partial charge in [0, 0.05) is 30.4 Å². The number of piperidine rings is 1. The van der Waals surface area contributed by atoms with Crippen molar-refractivity contribution in [3.05, 3.63) is 0 Å². The molecule has 0 saturated carbocycles. The van der Waals surface area contributed by atoms with Gasteiger partial charge in [-0.3, -0.25) is 4.90 Å². The summed E-state index contributed by atoms with van der Waals surface area (Å²) in [5, 5.41) is 3.69. The number of hydrogen-bond donors (Lipinski definition) is 1. The highest BCUT2D eigenvalue weighted by Crippen LogP contribution is 2.25. The van der Waals surface area contributed by atoms with Crippen molar-refractivity contribution in [1.29, 1.82) is 0 Å². The summed E-state index contributed by atoms with van der Waals surface area (Å²) in [7, 11) is 0. The van der Waals surface area contributed by atoms with Gasteiger partial charge in [-0.1, -0.05) is 13.8 Å². The van der Waals surface area contributed by atoms with Crippen LogP contribution in [0.5, 0.6) is 0 Å². The summed E-state index contributed by atoms with van der Waals surface area (Å²) in [6.45, 7) is 7.12. The fourth-order valence-corrected chi connectivity index (χ4v) is 4.01. The molecule has 2 aliphatic heterocycles. The van der Waals surface area contributed by atoms with Gasteiger partial charge in [-0.2, -0.15) is 11.8 Å². The van der Waals surface area contributed by atoms with Crippen LogP contribution >= 0.6 is 11.8 Å². The van der Waals surface area contributed by atoms with Crippen molar-refractivity contribution in [1.82, 2.24) is 10.2 Å². The Labute approximate surface area is 98.2 Å². The van der Waals surface area contributed by atoms with Crippen molar-refractivity contribution < 1.29 is 0 Å². The lowest BCUT2D eigenvalue weighted by molar-refractivity contribution is 0.145. The van der Waals surface area contributed by atoms with Crippen LogP contribution in [0.3, 0.4) is 0 Å². The zero-order valence-electron chi connectivity index (χ0n) is 10.0. The summed E-state index contributed by atoms with van der Waals surface area (Å²) in [6, 6.07) is 2.25. The van der Waals surface area contributed by atoms with Gasteiger partial charge in [0.25, 0.3) is 0 Å². The molecule has 0 aliphatic carbocycles. The molecule has 2 aliphatic rings. The molecule has 2 fully saturated rings. The smallest absolute Gasteiger partial charge is 0.0197 e. The Hall–Kier alpha value is 0.270. The fourth-order valence-electron chi connectivity index (χ4n) is 2.76. The standard InChI is InChI=1S/C12H24N2S/c1-10(2)13-11-4-3-6-14(8-11)12-5-7-15-9-12/h10-13H,3-9H2,1-2H3. The minimum absolute atomic E-state index is 0.632. The summed E-state index contributed by atoms with van der Waals surface area (Å²) in [5.74, 6) is 2.75. The average molecular weight is 228 g/mol. The van der Waals surface area contributed by atoms with Crippen LogP contribution in [-0.2, 0) is 0 Å². The largest absolute Gasteiger partial charge is 0.311 e. The molecule has 1 N–H and O–H groups in total. The molecule has 0 amide bonds. The van der Waals surface area contributed by atoms with E-state index in [4.69, 9.17) is 0 Å². The molecule has 0 aromatic carbocycles. The molecule has 0 aromatic rings. The van der Waals surface area contributed by atoms with E-state index in [1.165, 1.54) is 43.9 Å². The quantitative estimate of drug-likeness (QED) is 0.795. The second-order valence-electron chi connectivity index (χ2n) is 5.17. The lowest BCUT2D eigenvalue weighted by Gasteiger charge is -2.37. The molecule has 0 spiro atoms. The third-order valence-electron chi connectivity index (χ3n) is 3.44. The molecule has 2 saturated heterocycles. The van der Waals surface area contributed by atoms with Gasteiger partial charge < -0.3 is 5.32 Å². The maximum atomic E-state index is 3.69. The second-order valence-corrected chi connectivity index (χ2v) is 6.32. The van der Waals surface area contributed by atoms with Gasteiger partial charge in [-0.25, -0.2) is 0 Å². The Morgan fingerprint density at radius 3 is 2.87 bits per heavy atom. The van der Waals surface area contributed by atoms with Gasteiger partial charge in [0.15, 0.2) is 0 Å². The van der Waals surface area contributed by atoms with Crippen molar-refractivity contribution >= 4 is 11.8 Å². The first kappa shape index (κ1) is 11.7. The molecule has 2 heterocycles. The number of hydrogen-bond acceptors (Lipinski definition) is 3. The maximum Gasteiger partial charge on any atom is 0.0197 e. The van der Waals surface area contributed by atoms with Crippen LogP contribution in [0.15, 0.2) is 0 Å². The molecular formula is C12H24N2S. The SMILES string of the molecule is CC(C)NC1CCCN(C2CCSC2)C1. The van der Waals surface area contributed by atoms with Crippen LogP contribution in [0.25, 0.3) is 0 Å². The minimum atomic E-state index is 0.632. The maximum absolute atomic E-state index is 3.69. The zero-order valence-corrected chi connectivity index (χ0v) is 10.9. The average Bonchev–Trinajstić information content (AvgIpc) is 2.69. The van der Waals surface area contributed by atoms with Crippen LogP contribution in [0, 0.1) is 0 Å². The predicted octanol–water partition coefficient (Wildman–Crippen LogP) is 1.95. The lowest BCUT2D eigenvalue weighted by Crippen LogP contribution is -2.51. The third kappa shape index (κ3) is 3.36. The van der Waals surface area contributed by atoms with Crippen LogP contribution in [0.4, 0.5) is 0 Å². The normalized spacial score (nSPS) is 33.8. The predicted molar refractivity (Wildman–Crippen MR) is 68.6 cm³/mol. The number of nitrogens with zero attached hydrogens (tertiary/aromatic N) is 1. The third-order valence-corrected chi connectivity index (χ3v) is 4.59. The van der Waals surface area contributed by atoms with E-state index in [-0.39, 0.29) is 0 Å². The van der Waals surface area contributed by atoms with Gasteiger partial charge in [-0.05, 0) is 31.6 Å². The van der Waals surface area contributed by atoms with Crippen LogP contribution in [0.1, 0.15) is 33.1 Å². The molecule has 0 radical (unpaired) electrons. The number of nitrogens with one attached hydrogen (secondary N) is 1. The number of rotatable bonds is 3. The van der Waals surface area contributed by atoms with Crippen molar-refractivity contribution in [2.45, 2.75) is 51.2 Å². The minimum Gasteiger partial charge on any atom is -0.311 e. The number of likely N-dealkylation sites (tertiary alicyclic amines) is 1. The first-order valence-corrected chi connectivity index (χ1v) is 7.49. The monoisotopic (exact) mass is 228 g/mol. The highest BCUT2D eigenvalue weighted by Gasteiger charge is 2.27. The Morgan fingerprint density at radius 2 is 2.20 bits per heavy atom. The first-order valence-electron chi connectivity index (χ1n) is 6.33. The number of thioether (sulfide) groups is 1. The highest BCUT2D eigenvalue weighted by atomic mass is 32.2.